The maximum Gasteiger partial charge on any atom is 0.417 e. The number of nitrogens with two attached hydrogens (primary N) is 2. The summed E-state index contributed by atoms with van der Waals surface area (Å²) in [6, 6.07) is 6.60. The molecule has 0 spiro atoms. The van der Waals surface area contributed by atoms with Crippen LogP contribution < -0.4 is 10.9 Å². The molecule has 1 aliphatic heterocycles. The van der Waals surface area contributed by atoms with Gasteiger partial charge in [0, 0.05) is 17.1 Å². The van der Waals surface area contributed by atoms with Gasteiger partial charge in [-0.05, 0) is 23.3 Å². The number of fused-ring (bicyclic) bond motifs is 1. The molecule has 0 aliphatic carbocycles. The fourth-order valence-corrected chi connectivity index (χ4v) is 4.19. The first kappa shape index (κ1) is 19.8. The molecule has 0 saturated carbocycles. The third-order valence-corrected chi connectivity index (χ3v) is 5.35. The molecule has 13 heteroatoms. The van der Waals surface area contributed by atoms with E-state index in [0.29, 0.717) is 22.5 Å². The second-order valence-electron chi connectivity index (χ2n) is 6.24. The molecule has 9 nitrogen and oxygen atoms in total. The zero-order valence-corrected chi connectivity index (χ0v) is 15.7. The smallest absolute Gasteiger partial charge is 0.368 e. The number of nitrogen functional groups attached to an aromatic ring is 1. The van der Waals surface area contributed by atoms with Crippen molar-refractivity contribution in [1.82, 2.24) is 9.97 Å². The van der Waals surface area contributed by atoms with Gasteiger partial charge in [0.2, 0.25) is 16.0 Å². The number of sulfonamides is 1. The second-order valence-corrected chi connectivity index (χ2v) is 7.74. The van der Waals surface area contributed by atoms with Gasteiger partial charge in [-0.25, -0.2) is 28.5 Å². The molecule has 154 valence electrons. The molecule has 1 aromatic heterocycles. The summed E-state index contributed by atoms with van der Waals surface area (Å²) in [7, 11) is -4.83. The minimum absolute atomic E-state index is 0.00601. The molecule has 0 fully saturated rings. The highest BCUT2D eigenvalue weighted by molar-refractivity contribution is 7.89. The van der Waals surface area contributed by atoms with Crippen LogP contribution in [0.5, 0.6) is 0 Å². The molecule has 4 rings (SSSR count). The van der Waals surface area contributed by atoms with Gasteiger partial charge >= 0.3 is 6.18 Å². The van der Waals surface area contributed by atoms with Gasteiger partial charge in [0.1, 0.15) is 4.90 Å². The van der Waals surface area contributed by atoms with Crippen LogP contribution in [-0.2, 0) is 16.2 Å². The third-order valence-electron chi connectivity index (χ3n) is 4.35. The molecule has 2 aromatic carbocycles. The summed E-state index contributed by atoms with van der Waals surface area (Å²) in [5.41, 5.74) is 4.66. The summed E-state index contributed by atoms with van der Waals surface area (Å²) in [6.07, 6.45) is -3.59. The topological polar surface area (TPSA) is 149 Å². The quantitative estimate of drug-likeness (QED) is 0.649. The fourth-order valence-electron chi connectivity index (χ4n) is 3.21. The minimum atomic E-state index is -4.98. The van der Waals surface area contributed by atoms with Crippen molar-refractivity contribution < 1.29 is 21.6 Å². The first-order valence-electron chi connectivity index (χ1n) is 8.28. The number of benzene rings is 2. The van der Waals surface area contributed by atoms with E-state index in [1.807, 2.05) is 0 Å². The van der Waals surface area contributed by atoms with Crippen LogP contribution >= 0.6 is 0 Å². The highest BCUT2D eigenvalue weighted by atomic mass is 32.2. The first-order valence-corrected chi connectivity index (χ1v) is 9.83. The van der Waals surface area contributed by atoms with Gasteiger partial charge in [-0.2, -0.15) is 18.3 Å². The van der Waals surface area contributed by atoms with Gasteiger partial charge in [-0.15, -0.1) is 5.11 Å². The van der Waals surface area contributed by atoms with Crippen molar-refractivity contribution in [1.29, 1.82) is 0 Å². The highest BCUT2D eigenvalue weighted by Gasteiger charge is 2.40. The van der Waals surface area contributed by atoms with Crippen LogP contribution in [0.15, 0.2) is 56.6 Å². The number of hydrogen-bond donors (Lipinski definition) is 2. The third kappa shape index (κ3) is 3.37. The van der Waals surface area contributed by atoms with E-state index in [1.165, 1.54) is 6.20 Å². The normalized spacial score (nSPS) is 14.3. The van der Waals surface area contributed by atoms with Crippen molar-refractivity contribution in [3.63, 3.8) is 0 Å². The molecule has 4 N–H and O–H groups in total. The molecule has 0 atom stereocenters. The lowest BCUT2D eigenvalue weighted by Gasteiger charge is -2.18. The van der Waals surface area contributed by atoms with Gasteiger partial charge < -0.3 is 5.73 Å². The largest absolute Gasteiger partial charge is 0.417 e. The lowest BCUT2D eigenvalue weighted by atomic mass is 9.94. The maximum absolute atomic E-state index is 13.6. The van der Waals surface area contributed by atoms with Gasteiger partial charge in [0.05, 0.1) is 11.1 Å². The van der Waals surface area contributed by atoms with E-state index in [9.17, 15) is 21.6 Å². The van der Waals surface area contributed by atoms with E-state index in [-0.39, 0.29) is 24.0 Å². The van der Waals surface area contributed by atoms with Crippen molar-refractivity contribution >= 4 is 32.7 Å². The predicted molar refractivity (Wildman–Crippen MR) is 102 cm³/mol. The standard InChI is InChI=1S/C17H12F3N7O2S/c18-17(19,20)11-5-4-9(8-2-1-3-12-10(8)6-23-16(21)26-12)13(14(11)30(22,28)29)15-24-7-25-27-15/h1-6H,7H2,(H2,21,23,26)(H2,22,28,29). The summed E-state index contributed by atoms with van der Waals surface area (Å²) in [5, 5.41) is 13.0. The molecule has 0 saturated heterocycles. The Morgan fingerprint density at radius 2 is 1.83 bits per heavy atom. The Morgan fingerprint density at radius 3 is 2.47 bits per heavy atom. The van der Waals surface area contributed by atoms with E-state index in [2.05, 4.69) is 25.2 Å². The molecule has 0 bridgehead atoms. The molecule has 30 heavy (non-hydrogen) atoms. The van der Waals surface area contributed by atoms with E-state index in [0.717, 1.165) is 6.07 Å². The van der Waals surface area contributed by atoms with Crippen LogP contribution in [-0.4, -0.2) is 30.9 Å². The van der Waals surface area contributed by atoms with Crippen LogP contribution in [0.3, 0.4) is 0 Å². The molecular formula is C17H12F3N7O2S. The summed E-state index contributed by atoms with van der Waals surface area (Å²) in [6.45, 7) is -0.149. The molecular weight excluding hydrogens is 423 g/mol. The Labute approximate surface area is 167 Å². The molecule has 0 radical (unpaired) electrons. The van der Waals surface area contributed by atoms with E-state index in [1.54, 1.807) is 18.2 Å². The zero-order chi connectivity index (χ0) is 21.7. The summed E-state index contributed by atoms with van der Waals surface area (Å²) in [4.78, 5) is 10.8. The van der Waals surface area contributed by atoms with Gasteiger partial charge in [0.25, 0.3) is 0 Å². The van der Waals surface area contributed by atoms with Crippen LogP contribution in [0.4, 0.5) is 19.1 Å². The second kappa shape index (κ2) is 6.81. The maximum atomic E-state index is 13.6. The number of halogens is 3. The Hall–Kier alpha value is -3.45. The Kier molecular flexibility index (Phi) is 4.51. The monoisotopic (exact) mass is 435 g/mol. The number of primary sulfonamides is 1. The SMILES string of the molecule is Nc1ncc2c(-c3ccc(C(F)(F)F)c(S(N)(=O)=O)c3C3=NCN=N3)cccc2n1. The molecule has 1 aliphatic rings. The number of amidine groups is 1. The van der Waals surface area contributed by atoms with Crippen LogP contribution in [0.25, 0.3) is 22.0 Å². The van der Waals surface area contributed by atoms with Crippen molar-refractivity contribution in [2.45, 2.75) is 11.1 Å². The number of rotatable bonds is 3. The summed E-state index contributed by atoms with van der Waals surface area (Å²) >= 11 is 0. The number of alkyl halides is 3. The molecule has 0 amide bonds. The van der Waals surface area contributed by atoms with Crippen LogP contribution in [0.1, 0.15) is 11.1 Å². The molecule has 3 aromatic rings. The number of aromatic nitrogens is 2. The highest BCUT2D eigenvalue weighted by Crippen LogP contribution is 2.41. The zero-order valence-electron chi connectivity index (χ0n) is 14.9. The van der Waals surface area contributed by atoms with Crippen molar-refractivity contribution in [2.75, 3.05) is 12.4 Å². The summed E-state index contributed by atoms with van der Waals surface area (Å²) in [5.74, 6) is -0.264. The van der Waals surface area contributed by atoms with Crippen molar-refractivity contribution in [3.05, 3.63) is 47.7 Å². The number of hydrogen-bond acceptors (Lipinski definition) is 8. The molecule has 2 heterocycles. The van der Waals surface area contributed by atoms with Gasteiger partial charge in [-0.1, -0.05) is 18.2 Å². The van der Waals surface area contributed by atoms with Crippen molar-refractivity contribution in [2.24, 2.45) is 20.4 Å². The average molecular weight is 435 g/mol. The number of anilines is 1. The van der Waals surface area contributed by atoms with Crippen LogP contribution in [0.2, 0.25) is 0 Å². The number of nitrogens with zero attached hydrogens (tertiary/aromatic N) is 5. The first-order chi connectivity index (χ1) is 14.1. The van der Waals surface area contributed by atoms with Gasteiger partial charge in [-0.3, -0.25) is 0 Å². The average Bonchev–Trinajstić information content (AvgIpc) is 3.19. The van der Waals surface area contributed by atoms with Crippen LogP contribution in [0, 0.1) is 0 Å². The fraction of sp³-hybridized carbons (Fsp3) is 0.118. The Morgan fingerprint density at radius 1 is 1.07 bits per heavy atom. The summed E-state index contributed by atoms with van der Waals surface area (Å²) < 4.78 is 65.4. The Bertz CT molecular complexity index is 1350. The lowest BCUT2D eigenvalue weighted by molar-refractivity contribution is -0.139. The minimum Gasteiger partial charge on any atom is -0.368 e. The van der Waals surface area contributed by atoms with E-state index >= 15 is 0 Å². The Balaban J connectivity index is 2.17. The number of azo groups is 1. The van der Waals surface area contributed by atoms with Crippen molar-refractivity contribution in [3.8, 4) is 11.1 Å². The van der Waals surface area contributed by atoms with Gasteiger partial charge in [0.15, 0.2) is 12.5 Å². The van der Waals surface area contributed by atoms with E-state index < -0.39 is 32.2 Å². The molecule has 0 unspecified atom stereocenters. The number of aliphatic imine (C=N–C) groups is 1. The van der Waals surface area contributed by atoms with E-state index in [4.69, 9.17) is 10.9 Å². The lowest BCUT2D eigenvalue weighted by Crippen LogP contribution is -2.23. The predicted octanol–water partition coefficient (Wildman–Crippen LogP) is 2.72.